The van der Waals surface area contributed by atoms with E-state index in [2.05, 4.69) is 10.3 Å². The highest BCUT2D eigenvalue weighted by Crippen LogP contribution is 2.25. The first-order chi connectivity index (χ1) is 10.7. The lowest BCUT2D eigenvalue weighted by Gasteiger charge is -2.18. The maximum Gasteiger partial charge on any atom is 0.326 e. The second-order valence-electron chi connectivity index (χ2n) is 5.77. The summed E-state index contributed by atoms with van der Waals surface area (Å²) in [6.07, 6.45) is 1.32. The molecule has 1 atom stereocenters. The van der Waals surface area contributed by atoms with Crippen molar-refractivity contribution in [1.29, 1.82) is 0 Å². The zero-order chi connectivity index (χ0) is 17.3. The normalized spacial score (nSPS) is 12.6. The molecule has 2 aromatic rings. The van der Waals surface area contributed by atoms with Gasteiger partial charge in [0.25, 0.3) is 5.56 Å². The van der Waals surface area contributed by atoms with Crippen LogP contribution in [0.1, 0.15) is 24.3 Å². The van der Waals surface area contributed by atoms with Crippen molar-refractivity contribution in [2.24, 2.45) is 5.92 Å². The molecule has 0 radical (unpaired) electrons. The summed E-state index contributed by atoms with van der Waals surface area (Å²) in [6.45, 7) is 6.92. The van der Waals surface area contributed by atoms with Crippen molar-refractivity contribution in [2.45, 2.75) is 40.3 Å². The molecule has 0 aliphatic heterocycles. The predicted molar refractivity (Wildman–Crippen MR) is 87.8 cm³/mol. The van der Waals surface area contributed by atoms with E-state index in [9.17, 15) is 14.4 Å². The molecule has 23 heavy (non-hydrogen) atoms. The van der Waals surface area contributed by atoms with E-state index in [1.165, 1.54) is 22.2 Å². The van der Waals surface area contributed by atoms with E-state index >= 15 is 0 Å². The number of fused-ring (bicyclic) bond motifs is 1. The highest BCUT2D eigenvalue weighted by atomic mass is 32.1. The summed E-state index contributed by atoms with van der Waals surface area (Å²) >= 11 is 1.44. The highest BCUT2D eigenvalue weighted by molar-refractivity contribution is 7.18. The maximum absolute atomic E-state index is 12.5. The molecule has 0 aliphatic carbocycles. The van der Waals surface area contributed by atoms with Gasteiger partial charge in [0.05, 0.1) is 11.7 Å². The number of amides is 1. The molecule has 0 spiro atoms. The van der Waals surface area contributed by atoms with Crippen LogP contribution < -0.4 is 10.9 Å². The lowest BCUT2D eigenvalue weighted by atomic mass is 10.1. The fraction of sp³-hybridized carbons (Fsp3) is 0.467. The van der Waals surface area contributed by atoms with E-state index in [0.717, 1.165) is 10.4 Å². The summed E-state index contributed by atoms with van der Waals surface area (Å²) in [5.74, 6) is -1.88. The molecule has 0 aliphatic rings. The number of carboxylic acid groups (broad SMARTS) is 1. The molecule has 7 nitrogen and oxygen atoms in total. The summed E-state index contributed by atoms with van der Waals surface area (Å²) in [5.41, 5.74) is 0.575. The Hall–Kier alpha value is -2.22. The second kappa shape index (κ2) is 6.49. The number of carbonyl (C=O) groups excluding carboxylic acids is 1. The van der Waals surface area contributed by atoms with E-state index < -0.39 is 17.9 Å². The predicted octanol–water partition coefficient (Wildman–Crippen LogP) is 1.30. The zero-order valence-electron chi connectivity index (χ0n) is 13.4. The Kier molecular flexibility index (Phi) is 4.84. The first-order valence-corrected chi connectivity index (χ1v) is 8.01. The standard InChI is InChI=1S/C15H19N3O4S/c1-7(2)12(15(21)22)17-10(19)5-18-6-16-13-11(14(18)20)8(3)9(4)23-13/h6-7,12H,5H2,1-4H3,(H,17,19)(H,21,22). The number of nitrogens with zero attached hydrogens (tertiary/aromatic N) is 2. The number of carboxylic acids is 1. The van der Waals surface area contributed by atoms with Gasteiger partial charge in [-0.05, 0) is 25.3 Å². The minimum absolute atomic E-state index is 0.254. The number of hydrogen-bond acceptors (Lipinski definition) is 5. The summed E-state index contributed by atoms with van der Waals surface area (Å²) in [4.78, 5) is 41.5. The minimum atomic E-state index is -1.10. The average molecular weight is 337 g/mol. The number of hydrogen-bond donors (Lipinski definition) is 2. The Morgan fingerprint density at radius 1 is 1.39 bits per heavy atom. The monoisotopic (exact) mass is 337 g/mol. The van der Waals surface area contributed by atoms with Gasteiger partial charge in [-0.1, -0.05) is 13.8 Å². The van der Waals surface area contributed by atoms with Crippen molar-refractivity contribution in [1.82, 2.24) is 14.9 Å². The lowest BCUT2D eigenvalue weighted by molar-refractivity contribution is -0.143. The Morgan fingerprint density at radius 3 is 2.61 bits per heavy atom. The van der Waals surface area contributed by atoms with Gasteiger partial charge in [0.15, 0.2) is 0 Å². The van der Waals surface area contributed by atoms with Crippen LogP contribution in [-0.2, 0) is 16.1 Å². The fourth-order valence-electron chi connectivity index (χ4n) is 2.27. The van der Waals surface area contributed by atoms with Gasteiger partial charge >= 0.3 is 5.97 Å². The molecule has 0 saturated heterocycles. The number of nitrogens with one attached hydrogen (secondary N) is 1. The molecular weight excluding hydrogens is 318 g/mol. The van der Waals surface area contributed by atoms with Crippen LogP contribution in [0.3, 0.4) is 0 Å². The van der Waals surface area contributed by atoms with Crippen molar-refractivity contribution in [2.75, 3.05) is 0 Å². The summed E-state index contributed by atoms with van der Waals surface area (Å²) < 4.78 is 1.20. The molecule has 1 unspecified atom stereocenters. The van der Waals surface area contributed by atoms with Crippen molar-refractivity contribution >= 4 is 33.4 Å². The maximum atomic E-state index is 12.5. The van der Waals surface area contributed by atoms with Gasteiger partial charge in [-0.15, -0.1) is 11.3 Å². The number of carbonyl (C=O) groups is 2. The zero-order valence-corrected chi connectivity index (χ0v) is 14.2. The number of rotatable bonds is 5. The molecule has 2 N–H and O–H groups in total. The van der Waals surface area contributed by atoms with E-state index in [0.29, 0.717) is 10.2 Å². The molecule has 1 amide bonds. The van der Waals surface area contributed by atoms with E-state index in [-0.39, 0.29) is 18.0 Å². The first kappa shape index (κ1) is 17.1. The van der Waals surface area contributed by atoms with Crippen LogP contribution in [0, 0.1) is 19.8 Å². The van der Waals surface area contributed by atoms with Crippen molar-refractivity contribution in [3.8, 4) is 0 Å². The van der Waals surface area contributed by atoms with Crippen LogP contribution in [0.2, 0.25) is 0 Å². The van der Waals surface area contributed by atoms with Crippen LogP contribution in [-0.4, -0.2) is 32.6 Å². The SMILES string of the molecule is Cc1sc2ncn(CC(=O)NC(C(=O)O)C(C)C)c(=O)c2c1C. The highest BCUT2D eigenvalue weighted by Gasteiger charge is 2.23. The Bertz CT molecular complexity index is 822. The minimum Gasteiger partial charge on any atom is -0.480 e. The topological polar surface area (TPSA) is 101 Å². The van der Waals surface area contributed by atoms with Crippen molar-refractivity contribution in [3.05, 3.63) is 27.1 Å². The van der Waals surface area contributed by atoms with Crippen molar-refractivity contribution < 1.29 is 14.7 Å². The molecule has 8 heteroatoms. The lowest BCUT2D eigenvalue weighted by Crippen LogP contribution is -2.46. The molecule has 2 aromatic heterocycles. The van der Waals surface area contributed by atoms with Crippen molar-refractivity contribution in [3.63, 3.8) is 0 Å². The van der Waals surface area contributed by atoms with Gasteiger partial charge in [-0.2, -0.15) is 0 Å². The van der Waals surface area contributed by atoms with Crippen LogP contribution in [0.4, 0.5) is 0 Å². The van der Waals surface area contributed by atoms with Gasteiger partial charge in [-0.3, -0.25) is 14.2 Å². The van der Waals surface area contributed by atoms with Gasteiger partial charge < -0.3 is 10.4 Å². The molecule has 124 valence electrons. The number of aromatic nitrogens is 2. The molecule has 2 rings (SSSR count). The molecule has 0 bridgehead atoms. The molecule has 0 saturated carbocycles. The summed E-state index contributed by atoms with van der Waals surface area (Å²) in [6, 6.07) is -0.986. The largest absolute Gasteiger partial charge is 0.480 e. The van der Waals surface area contributed by atoms with E-state index in [1.807, 2.05) is 13.8 Å². The number of aliphatic carboxylic acids is 1. The van der Waals surface area contributed by atoms with Crippen LogP contribution in [0.15, 0.2) is 11.1 Å². The van der Waals surface area contributed by atoms with Gasteiger partial charge in [0.2, 0.25) is 5.91 Å². The number of thiophene rings is 1. The fourth-order valence-corrected chi connectivity index (χ4v) is 3.26. The molecular formula is C15H19N3O4S. The Labute approximate surface area is 137 Å². The summed E-state index contributed by atoms with van der Waals surface area (Å²) in [7, 11) is 0. The van der Waals surface area contributed by atoms with Gasteiger partial charge in [0.1, 0.15) is 17.4 Å². The van der Waals surface area contributed by atoms with Gasteiger partial charge in [0, 0.05) is 4.88 Å². The third-order valence-electron chi connectivity index (χ3n) is 3.72. The molecule has 0 fully saturated rings. The molecule has 0 aromatic carbocycles. The van der Waals surface area contributed by atoms with Crippen LogP contribution >= 0.6 is 11.3 Å². The first-order valence-electron chi connectivity index (χ1n) is 7.19. The Morgan fingerprint density at radius 2 is 2.04 bits per heavy atom. The van der Waals surface area contributed by atoms with Crippen LogP contribution in [0.5, 0.6) is 0 Å². The van der Waals surface area contributed by atoms with Gasteiger partial charge in [-0.25, -0.2) is 9.78 Å². The third kappa shape index (κ3) is 3.42. The Balaban J connectivity index is 2.27. The molecule has 2 heterocycles. The summed E-state index contributed by atoms with van der Waals surface area (Å²) in [5, 5.41) is 12.1. The second-order valence-corrected chi connectivity index (χ2v) is 6.97. The van der Waals surface area contributed by atoms with E-state index in [4.69, 9.17) is 5.11 Å². The smallest absolute Gasteiger partial charge is 0.326 e. The van der Waals surface area contributed by atoms with E-state index in [1.54, 1.807) is 13.8 Å². The average Bonchev–Trinajstić information content (AvgIpc) is 2.74. The van der Waals surface area contributed by atoms with Crippen LogP contribution in [0.25, 0.3) is 10.2 Å². The quantitative estimate of drug-likeness (QED) is 0.856. The number of aryl methyl sites for hydroxylation is 2. The third-order valence-corrected chi connectivity index (χ3v) is 4.83.